The molecule has 82 valence electrons. The van der Waals surface area contributed by atoms with Gasteiger partial charge in [0.25, 0.3) is 0 Å². The zero-order chi connectivity index (χ0) is 10.6. The Labute approximate surface area is 94.8 Å². The normalized spacial score (nSPS) is 34.6. The van der Waals surface area contributed by atoms with E-state index in [0.29, 0.717) is 23.1 Å². The number of carbonyl (C=O) groups is 1. The van der Waals surface area contributed by atoms with E-state index in [-0.39, 0.29) is 5.92 Å². The van der Waals surface area contributed by atoms with Gasteiger partial charge in [0, 0.05) is 12.0 Å². The van der Waals surface area contributed by atoms with Crippen molar-refractivity contribution < 1.29 is 4.79 Å². The van der Waals surface area contributed by atoms with Gasteiger partial charge in [-0.25, -0.2) is 0 Å². The lowest BCUT2D eigenvalue weighted by Gasteiger charge is -2.27. The smallest absolute Gasteiger partial charge is 0.146 e. The molecule has 0 bridgehead atoms. The Bertz CT molecular complexity index is 196. The van der Waals surface area contributed by atoms with E-state index in [0.717, 1.165) is 25.7 Å². The SMILES string of the molecule is C[C@@H]1CC(C(=O)CBr)CCCCC1N. The van der Waals surface area contributed by atoms with E-state index in [1.54, 1.807) is 0 Å². The third-order valence-electron chi connectivity index (χ3n) is 3.31. The Kier molecular flexibility index (Phi) is 5.10. The zero-order valence-electron chi connectivity index (χ0n) is 8.84. The summed E-state index contributed by atoms with van der Waals surface area (Å²) in [6.07, 6.45) is 5.49. The van der Waals surface area contributed by atoms with Gasteiger partial charge in [0.05, 0.1) is 5.33 Å². The summed E-state index contributed by atoms with van der Waals surface area (Å²) in [6.45, 7) is 2.17. The monoisotopic (exact) mass is 261 g/mol. The van der Waals surface area contributed by atoms with Gasteiger partial charge in [0.15, 0.2) is 0 Å². The Morgan fingerprint density at radius 2 is 2.07 bits per heavy atom. The molecule has 0 aromatic carbocycles. The molecule has 0 saturated heterocycles. The Morgan fingerprint density at radius 1 is 1.43 bits per heavy atom. The molecule has 0 aromatic rings. The first-order valence-electron chi connectivity index (χ1n) is 5.49. The van der Waals surface area contributed by atoms with Crippen molar-refractivity contribution in [2.75, 3.05) is 5.33 Å². The molecule has 3 heteroatoms. The molecule has 1 aliphatic carbocycles. The molecule has 0 spiro atoms. The summed E-state index contributed by atoms with van der Waals surface area (Å²) in [5.41, 5.74) is 6.03. The van der Waals surface area contributed by atoms with E-state index in [4.69, 9.17) is 5.73 Å². The molecule has 0 aromatic heterocycles. The summed E-state index contributed by atoms with van der Waals surface area (Å²) in [7, 11) is 0. The van der Waals surface area contributed by atoms with E-state index >= 15 is 0 Å². The standard InChI is InChI=1S/C11H20BrNO/c1-8-6-9(11(14)7-12)4-2-3-5-10(8)13/h8-10H,2-7,13H2,1H3/t8-,9?,10?/m1/s1. The molecule has 0 aliphatic heterocycles. The number of halogens is 1. The van der Waals surface area contributed by atoms with Crippen molar-refractivity contribution >= 4 is 21.7 Å². The molecule has 1 rings (SSSR count). The summed E-state index contributed by atoms with van der Waals surface area (Å²) < 4.78 is 0. The van der Waals surface area contributed by atoms with E-state index in [1.165, 1.54) is 6.42 Å². The summed E-state index contributed by atoms with van der Waals surface area (Å²) in [4.78, 5) is 11.6. The lowest BCUT2D eigenvalue weighted by molar-refractivity contribution is -0.121. The van der Waals surface area contributed by atoms with Crippen molar-refractivity contribution in [2.24, 2.45) is 17.6 Å². The van der Waals surface area contributed by atoms with Gasteiger partial charge < -0.3 is 5.73 Å². The zero-order valence-corrected chi connectivity index (χ0v) is 10.4. The highest BCUT2D eigenvalue weighted by Crippen LogP contribution is 2.26. The highest BCUT2D eigenvalue weighted by atomic mass is 79.9. The topological polar surface area (TPSA) is 43.1 Å². The largest absolute Gasteiger partial charge is 0.327 e. The minimum Gasteiger partial charge on any atom is -0.327 e. The van der Waals surface area contributed by atoms with Crippen LogP contribution in [-0.2, 0) is 4.79 Å². The van der Waals surface area contributed by atoms with Gasteiger partial charge in [-0.3, -0.25) is 4.79 Å². The number of rotatable bonds is 2. The molecule has 0 radical (unpaired) electrons. The van der Waals surface area contributed by atoms with Gasteiger partial charge >= 0.3 is 0 Å². The van der Waals surface area contributed by atoms with Gasteiger partial charge in [0.1, 0.15) is 5.78 Å². The molecule has 2 N–H and O–H groups in total. The van der Waals surface area contributed by atoms with Gasteiger partial charge in [-0.2, -0.15) is 0 Å². The van der Waals surface area contributed by atoms with Crippen molar-refractivity contribution in [3.05, 3.63) is 0 Å². The van der Waals surface area contributed by atoms with Crippen LogP contribution in [0.15, 0.2) is 0 Å². The third kappa shape index (κ3) is 3.35. The summed E-state index contributed by atoms with van der Waals surface area (Å²) in [5.74, 6) is 1.09. The molecule has 1 saturated carbocycles. The maximum absolute atomic E-state index is 11.6. The van der Waals surface area contributed by atoms with E-state index < -0.39 is 0 Å². The first kappa shape index (κ1) is 12.2. The molecule has 0 heterocycles. The Balaban J connectivity index is 2.54. The predicted octanol–water partition coefficient (Wildman–Crippen LogP) is 2.49. The molecule has 0 amide bonds. The maximum Gasteiger partial charge on any atom is 0.146 e. The summed E-state index contributed by atoms with van der Waals surface area (Å²) in [6, 6.07) is 0.293. The first-order chi connectivity index (χ1) is 6.65. The van der Waals surface area contributed by atoms with Crippen molar-refractivity contribution in [3.8, 4) is 0 Å². The van der Waals surface area contributed by atoms with Crippen LogP contribution in [-0.4, -0.2) is 17.2 Å². The molecule has 2 unspecified atom stereocenters. The second kappa shape index (κ2) is 5.86. The Hall–Kier alpha value is 0.110. The average Bonchev–Trinajstić information content (AvgIpc) is 2.18. The van der Waals surface area contributed by atoms with Crippen LogP contribution in [0, 0.1) is 11.8 Å². The summed E-state index contributed by atoms with van der Waals surface area (Å²) in [5, 5.41) is 0.500. The molecule has 1 aliphatic rings. The fourth-order valence-electron chi connectivity index (χ4n) is 2.20. The lowest BCUT2D eigenvalue weighted by atomic mass is 9.81. The number of Topliss-reactive ketones (excluding diaryl/α,β-unsaturated/α-hetero) is 1. The number of ketones is 1. The highest BCUT2D eigenvalue weighted by molar-refractivity contribution is 9.09. The molecular weight excluding hydrogens is 242 g/mol. The van der Waals surface area contributed by atoms with Gasteiger partial charge in [-0.1, -0.05) is 35.7 Å². The maximum atomic E-state index is 11.6. The van der Waals surface area contributed by atoms with Crippen molar-refractivity contribution in [2.45, 2.75) is 45.1 Å². The van der Waals surface area contributed by atoms with E-state index in [1.807, 2.05) is 0 Å². The van der Waals surface area contributed by atoms with E-state index in [2.05, 4.69) is 22.9 Å². The summed E-state index contributed by atoms with van der Waals surface area (Å²) >= 11 is 3.25. The third-order valence-corrected chi connectivity index (χ3v) is 3.87. The molecule has 14 heavy (non-hydrogen) atoms. The second-order valence-corrected chi connectivity index (χ2v) is 5.02. The first-order valence-corrected chi connectivity index (χ1v) is 6.61. The van der Waals surface area contributed by atoms with Crippen LogP contribution in [0.4, 0.5) is 0 Å². The number of nitrogens with two attached hydrogens (primary N) is 1. The fourth-order valence-corrected chi connectivity index (χ4v) is 2.66. The molecule has 1 fully saturated rings. The molecular formula is C11H20BrNO. The van der Waals surface area contributed by atoms with Crippen LogP contribution in [0.2, 0.25) is 0 Å². The Morgan fingerprint density at radius 3 is 2.71 bits per heavy atom. The van der Waals surface area contributed by atoms with Crippen molar-refractivity contribution in [1.82, 2.24) is 0 Å². The quantitative estimate of drug-likeness (QED) is 0.777. The highest BCUT2D eigenvalue weighted by Gasteiger charge is 2.24. The number of hydrogen-bond acceptors (Lipinski definition) is 2. The van der Waals surface area contributed by atoms with Crippen molar-refractivity contribution in [3.63, 3.8) is 0 Å². The van der Waals surface area contributed by atoms with E-state index in [9.17, 15) is 4.79 Å². The van der Waals surface area contributed by atoms with Crippen LogP contribution in [0.25, 0.3) is 0 Å². The minimum absolute atomic E-state index is 0.246. The van der Waals surface area contributed by atoms with Crippen LogP contribution in [0.3, 0.4) is 0 Å². The average molecular weight is 262 g/mol. The van der Waals surface area contributed by atoms with Crippen LogP contribution in [0.5, 0.6) is 0 Å². The number of carbonyl (C=O) groups excluding carboxylic acids is 1. The van der Waals surface area contributed by atoms with Gasteiger partial charge in [0.2, 0.25) is 0 Å². The molecule has 2 nitrogen and oxygen atoms in total. The second-order valence-electron chi connectivity index (χ2n) is 4.46. The van der Waals surface area contributed by atoms with Gasteiger partial charge in [-0.15, -0.1) is 0 Å². The van der Waals surface area contributed by atoms with Crippen molar-refractivity contribution in [1.29, 1.82) is 0 Å². The predicted molar refractivity (Wildman–Crippen MR) is 62.5 cm³/mol. The van der Waals surface area contributed by atoms with Crippen LogP contribution >= 0.6 is 15.9 Å². The fraction of sp³-hybridized carbons (Fsp3) is 0.909. The van der Waals surface area contributed by atoms with Crippen LogP contribution in [0.1, 0.15) is 39.0 Å². The van der Waals surface area contributed by atoms with Crippen LogP contribution < -0.4 is 5.73 Å². The number of hydrogen-bond donors (Lipinski definition) is 1. The molecule has 3 atom stereocenters. The minimum atomic E-state index is 0.246. The lowest BCUT2D eigenvalue weighted by Crippen LogP contribution is -2.33. The van der Waals surface area contributed by atoms with Gasteiger partial charge in [-0.05, 0) is 25.2 Å². The number of alkyl halides is 1.